The first-order valence-electron chi connectivity index (χ1n) is 5.95. The van der Waals surface area contributed by atoms with Gasteiger partial charge in [0.2, 0.25) is 0 Å². The third-order valence-corrected chi connectivity index (χ3v) is 3.03. The Morgan fingerprint density at radius 3 is 2.58 bits per heavy atom. The summed E-state index contributed by atoms with van der Waals surface area (Å²) >= 11 is 0. The zero-order valence-corrected chi connectivity index (χ0v) is 10.9. The summed E-state index contributed by atoms with van der Waals surface area (Å²) in [6.07, 6.45) is 1.78. The van der Waals surface area contributed by atoms with Crippen molar-refractivity contribution >= 4 is 11.8 Å². The maximum atomic E-state index is 11.8. The van der Waals surface area contributed by atoms with Crippen LogP contribution in [0, 0.1) is 6.92 Å². The number of nitrogens with zero attached hydrogens (tertiary/aromatic N) is 1. The summed E-state index contributed by atoms with van der Waals surface area (Å²) < 4.78 is 6.21. The molecule has 0 bridgehead atoms. The second-order valence-electron chi connectivity index (χ2n) is 4.27. The number of aryl methyl sites for hydroxylation is 1. The average molecular weight is 257 g/mol. The van der Waals surface area contributed by atoms with Gasteiger partial charge in [0.25, 0.3) is 5.78 Å². The summed E-state index contributed by atoms with van der Waals surface area (Å²) in [4.78, 5) is 23.1. The molecule has 0 aliphatic heterocycles. The molecule has 0 unspecified atom stereocenters. The van der Waals surface area contributed by atoms with E-state index in [9.17, 15) is 9.59 Å². The summed E-state index contributed by atoms with van der Waals surface area (Å²) in [5.41, 5.74) is 2.60. The lowest BCUT2D eigenvalue weighted by Gasteiger charge is -2.10. The van der Waals surface area contributed by atoms with Crippen LogP contribution in [0.25, 0.3) is 0 Å². The molecular formula is C15H15NO3. The quantitative estimate of drug-likeness (QED) is 0.479. The number of Topliss-reactive ketones (excluding diaryl/α,β-unsaturated/α-hetero) is 1. The van der Waals surface area contributed by atoms with Gasteiger partial charge in [-0.05, 0) is 30.2 Å². The van der Waals surface area contributed by atoms with Crippen LogP contribution in [0.2, 0.25) is 0 Å². The van der Waals surface area contributed by atoms with Crippen LogP contribution < -0.4 is 0 Å². The van der Waals surface area contributed by atoms with Crippen LogP contribution in [0.4, 0.5) is 0 Å². The second-order valence-corrected chi connectivity index (χ2v) is 4.27. The molecule has 98 valence electrons. The zero-order valence-electron chi connectivity index (χ0n) is 10.9. The Kier molecular flexibility index (Phi) is 3.80. The normalized spacial score (nSPS) is 10.2. The van der Waals surface area contributed by atoms with Crippen molar-refractivity contribution in [1.82, 2.24) is 4.57 Å². The van der Waals surface area contributed by atoms with Gasteiger partial charge in [0.15, 0.2) is 0 Å². The molecule has 0 amide bonds. The van der Waals surface area contributed by atoms with Gasteiger partial charge in [-0.3, -0.25) is 4.79 Å². The first kappa shape index (κ1) is 13.1. The van der Waals surface area contributed by atoms with Crippen molar-refractivity contribution in [2.75, 3.05) is 7.11 Å². The summed E-state index contributed by atoms with van der Waals surface area (Å²) in [6, 6.07) is 11.3. The Labute approximate surface area is 111 Å². The van der Waals surface area contributed by atoms with Gasteiger partial charge >= 0.3 is 5.97 Å². The number of carbonyl (C=O) groups excluding carboxylic acids is 2. The van der Waals surface area contributed by atoms with Crippen LogP contribution in [0.1, 0.15) is 21.6 Å². The molecule has 4 nitrogen and oxygen atoms in total. The molecule has 1 aromatic heterocycles. The van der Waals surface area contributed by atoms with Gasteiger partial charge in [0.05, 0.1) is 12.8 Å². The molecule has 0 saturated carbocycles. The fourth-order valence-corrected chi connectivity index (χ4v) is 1.93. The summed E-state index contributed by atoms with van der Waals surface area (Å²) in [7, 11) is 1.20. The fourth-order valence-electron chi connectivity index (χ4n) is 1.93. The SMILES string of the molecule is COC(=O)C(=O)c1cccn1Cc1ccccc1C. The third kappa shape index (κ3) is 2.73. The smallest absolute Gasteiger partial charge is 0.381 e. The maximum absolute atomic E-state index is 11.8. The van der Waals surface area contributed by atoms with E-state index in [1.54, 1.807) is 22.9 Å². The molecule has 2 rings (SSSR count). The van der Waals surface area contributed by atoms with E-state index in [1.807, 2.05) is 31.2 Å². The predicted octanol–water partition coefficient (Wildman–Crippen LogP) is 2.20. The van der Waals surface area contributed by atoms with E-state index in [0.29, 0.717) is 12.2 Å². The van der Waals surface area contributed by atoms with Crippen LogP contribution in [0.3, 0.4) is 0 Å². The van der Waals surface area contributed by atoms with Crippen LogP contribution in [0.15, 0.2) is 42.6 Å². The highest BCUT2D eigenvalue weighted by molar-refractivity contribution is 6.40. The van der Waals surface area contributed by atoms with Crippen molar-refractivity contribution in [3.63, 3.8) is 0 Å². The number of ether oxygens (including phenoxy) is 1. The van der Waals surface area contributed by atoms with Crippen molar-refractivity contribution in [2.45, 2.75) is 13.5 Å². The summed E-state index contributed by atoms with van der Waals surface area (Å²) in [5, 5.41) is 0. The molecule has 4 heteroatoms. The molecule has 0 spiro atoms. The molecule has 0 radical (unpaired) electrons. The Bertz CT molecular complexity index is 613. The van der Waals surface area contributed by atoms with Gasteiger partial charge in [0.1, 0.15) is 0 Å². The van der Waals surface area contributed by atoms with Gasteiger partial charge in [-0.25, -0.2) is 4.79 Å². The van der Waals surface area contributed by atoms with Crippen molar-refractivity contribution in [2.24, 2.45) is 0 Å². The lowest BCUT2D eigenvalue weighted by molar-refractivity contribution is -0.135. The highest BCUT2D eigenvalue weighted by atomic mass is 16.5. The molecular weight excluding hydrogens is 242 g/mol. The van der Waals surface area contributed by atoms with Crippen molar-refractivity contribution in [1.29, 1.82) is 0 Å². The topological polar surface area (TPSA) is 48.3 Å². The number of rotatable bonds is 4. The Morgan fingerprint density at radius 2 is 1.89 bits per heavy atom. The Morgan fingerprint density at radius 1 is 1.16 bits per heavy atom. The minimum atomic E-state index is -0.843. The molecule has 2 aromatic rings. The number of methoxy groups -OCH3 is 1. The van der Waals surface area contributed by atoms with Crippen LogP contribution >= 0.6 is 0 Å². The first-order chi connectivity index (χ1) is 9.13. The monoisotopic (exact) mass is 257 g/mol. The molecule has 0 aliphatic carbocycles. The van der Waals surface area contributed by atoms with Gasteiger partial charge in [-0.1, -0.05) is 24.3 Å². The number of ketones is 1. The highest BCUT2D eigenvalue weighted by Gasteiger charge is 2.20. The molecule has 1 aromatic carbocycles. The molecule has 0 aliphatic rings. The number of carbonyl (C=O) groups is 2. The minimum absolute atomic E-state index is 0.343. The lowest BCUT2D eigenvalue weighted by Crippen LogP contribution is -2.19. The minimum Gasteiger partial charge on any atom is -0.463 e. The van der Waals surface area contributed by atoms with E-state index in [2.05, 4.69) is 4.74 Å². The summed E-state index contributed by atoms with van der Waals surface area (Å²) in [6.45, 7) is 2.57. The van der Waals surface area contributed by atoms with E-state index < -0.39 is 11.8 Å². The Hall–Kier alpha value is -2.36. The third-order valence-electron chi connectivity index (χ3n) is 3.03. The molecule has 19 heavy (non-hydrogen) atoms. The zero-order chi connectivity index (χ0) is 13.8. The molecule has 1 heterocycles. The van der Waals surface area contributed by atoms with Gasteiger partial charge < -0.3 is 9.30 Å². The van der Waals surface area contributed by atoms with E-state index in [0.717, 1.165) is 11.1 Å². The maximum Gasteiger partial charge on any atom is 0.381 e. The summed E-state index contributed by atoms with van der Waals surface area (Å²) in [5.74, 6) is -1.47. The van der Waals surface area contributed by atoms with Crippen molar-refractivity contribution in [3.05, 3.63) is 59.4 Å². The predicted molar refractivity (Wildman–Crippen MR) is 71.1 cm³/mol. The van der Waals surface area contributed by atoms with Crippen LogP contribution in [-0.4, -0.2) is 23.4 Å². The highest BCUT2D eigenvalue weighted by Crippen LogP contribution is 2.12. The second kappa shape index (κ2) is 5.52. The van der Waals surface area contributed by atoms with Gasteiger partial charge in [0, 0.05) is 12.7 Å². The standard InChI is InChI=1S/C15H15NO3/c1-11-6-3-4-7-12(11)10-16-9-5-8-13(16)14(17)15(18)19-2/h3-9H,10H2,1-2H3. The van der Waals surface area contributed by atoms with Crippen LogP contribution in [-0.2, 0) is 16.1 Å². The number of hydrogen-bond donors (Lipinski definition) is 0. The Balaban J connectivity index is 2.28. The molecule has 0 atom stereocenters. The fraction of sp³-hybridized carbons (Fsp3) is 0.200. The number of hydrogen-bond acceptors (Lipinski definition) is 3. The van der Waals surface area contributed by atoms with Crippen molar-refractivity contribution in [3.8, 4) is 0 Å². The number of esters is 1. The largest absolute Gasteiger partial charge is 0.463 e. The van der Waals surface area contributed by atoms with E-state index >= 15 is 0 Å². The van der Waals surface area contributed by atoms with Gasteiger partial charge in [-0.15, -0.1) is 0 Å². The van der Waals surface area contributed by atoms with E-state index in [-0.39, 0.29) is 0 Å². The number of aromatic nitrogens is 1. The molecule has 0 N–H and O–H groups in total. The number of benzene rings is 1. The van der Waals surface area contributed by atoms with Crippen LogP contribution in [0.5, 0.6) is 0 Å². The average Bonchev–Trinajstić information content (AvgIpc) is 2.87. The molecule has 0 saturated heterocycles. The molecule has 0 fully saturated rings. The van der Waals surface area contributed by atoms with E-state index in [4.69, 9.17) is 0 Å². The van der Waals surface area contributed by atoms with Crippen molar-refractivity contribution < 1.29 is 14.3 Å². The first-order valence-corrected chi connectivity index (χ1v) is 5.95. The van der Waals surface area contributed by atoms with E-state index in [1.165, 1.54) is 7.11 Å². The lowest BCUT2D eigenvalue weighted by atomic mass is 10.1. The van der Waals surface area contributed by atoms with Gasteiger partial charge in [-0.2, -0.15) is 0 Å².